The normalized spacial score (nSPS) is 30.7. The fourth-order valence-electron chi connectivity index (χ4n) is 1.38. The number of hydrogen-bond acceptors (Lipinski definition) is 2. The first-order chi connectivity index (χ1) is 4.34. The molecule has 0 saturated carbocycles. The fraction of sp³-hybridized carbons (Fsp3) is 1.00. The minimum Gasteiger partial charge on any atom is -0.327 e. The van der Waals surface area contributed by atoms with Gasteiger partial charge in [0.25, 0.3) is 0 Å². The summed E-state index contributed by atoms with van der Waals surface area (Å²) in [5, 5.41) is 3.31. The maximum atomic E-state index is 5.84. The minimum atomic E-state index is 0.431. The summed E-state index contributed by atoms with van der Waals surface area (Å²) in [5.74, 6) is 0.745. The zero-order valence-corrected chi connectivity index (χ0v) is 6.06. The van der Waals surface area contributed by atoms with Crippen LogP contribution in [-0.4, -0.2) is 19.1 Å². The lowest BCUT2D eigenvalue weighted by Crippen LogP contribution is -2.30. The van der Waals surface area contributed by atoms with E-state index in [9.17, 15) is 0 Å². The predicted molar refractivity (Wildman–Crippen MR) is 39.2 cm³/mol. The van der Waals surface area contributed by atoms with E-state index in [4.69, 9.17) is 5.73 Å². The monoisotopic (exact) mass is 128 g/mol. The van der Waals surface area contributed by atoms with Gasteiger partial charge in [-0.05, 0) is 31.8 Å². The van der Waals surface area contributed by atoms with E-state index in [1.807, 2.05) is 0 Å². The molecular weight excluding hydrogens is 112 g/mol. The van der Waals surface area contributed by atoms with Gasteiger partial charge in [0.05, 0.1) is 0 Å². The average Bonchev–Trinajstić information content (AvgIpc) is 2.37. The molecule has 2 heteroatoms. The van der Waals surface area contributed by atoms with Crippen LogP contribution in [0.25, 0.3) is 0 Å². The Morgan fingerprint density at radius 2 is 2.56 bits per heavy atom. The Labute approximate surface area is 56.8 Å². The van der Waals surface area contributed by atoms with E-state index in [0.717, 1.165) is 18.9 Å². The molecule has 0 unspecified atom stereocenters. The highest BCUT2D eigenvalue weighted by Crippen LogP contribution is 2.12. The third-order valence-electron chi connectivity index (χ3n) is 2.18. The number of nitrogens with two attached hydrogens (primary N) is 1. The highest BCUT2D eigenvalue weighted by atomic mass is 14.9. The molecule has 3 N–H and O–H groups in total. The standard InChI is InChI=1S/C7H16N2/c1-2-7(8)6-3-4-9-5-6/h6-7,9H,2-5,8H2,1H3/t6-,7+/m0/s1. The Hall–Kier alpha value is -0.0800. The zero-order chi connectivity index (χ0) is 6.69. The van der Waals surface area contributed by atoms with Gasteiger partial charge in [-0.1, -0.05) is 6.92 Å². The molecule has 0 spiro atoms. The molecule has 0 bridgehead atoms. The van der Waals surface area contributed by atoms with Gasteiger partial charge in [-0.15, -0.1) is 0 Å². The first-order valence-electron chi connectivity index (χ1n) is 3.81. The lowest BCUT2D eigenvalue weighted by atomic mass is 9.98. The van der Waals surface area contributed by atoms with E-state index in [0.29, 0.717) is 6.04 Å². The first kappa shape index (κ1) is 7.03. The second-order valence-electron chi connectivity index (χ2n) is 2.82. The molecule has 0 aromatic rings. The number of nitrogens with one attached hydrogen (secondary N) is 1. The third-order valence-corrected chi connectivity index (χ3v) is 2.18. The molecule has 1 aliphatic rings. The average molecular weight is 128 g/mol. The van der Waals surface area contributed by atoms with E-state index in [-0.39, 0.29) is 0 Å². The molecule has 0 radical (unpaired) electrons. The Kier molecular flexibility index (Phi) is 2.49. The van der Waals surface area contributed by atoms with Crippen molar-refractivity contribution in [1.82, 2.24) is 5.32 Å². The highest BCUT2D eigenvalue weighted by Gasteiger charge is 2.19. The van der Waals surface area contributed by atoms with Crippen LogP contribution < -0.4 is 11.1 Å². The first-order valence-corrected chi connectivity index (χ1v) is 3.81. The van der Waals surface area contributed by atoms with Gasteiger partial charge in [0.15, 0.2) is 0 Å². The van der Waals surface area contributed by atoms with Crippen LogP contribution >= 0.6 is 0 Å². The topological polar surface area (TPSA) is 38.0 Å². The molecule has 1 rings (SSSR count). The van der Waals surface area contributed by atoms with Crippen molar-refractivity contribution >= 4 is 0 Å². The van der Waals surface area contributed by atoms with Crippen LogP contribution in [-0.2, 0) is 0 Å². The van der Waals surface area contributed by atoms with E-state index >= 15 is 0 Å². The molecule has 9 heavy (non-hydrogen) atoms. The summed E-state index contributed by atoms with van der Waals surface area (Å²) >= 11 is 0. The largest absolute Gasteiger partial charge is 0.327 e. The number of hydrogen-bond donors (Lipinski definition) is 2. The third kappa shape index (κ3) is 1.66. The molecule has 1 heterocycles. The summed E-state index contributed by atoms with van der Waals surface area (Å²) in [5.41, 5.74) is 5.84. The summed E-state index contributed by atoms with van der Waals surface area (Å²) < 4.78 is 0. The van der Waals surface area contributed by atoms with Crippen molar-refractivity contribution in [3.63, 3.8) is 0 Å². The molecule has 1 fully saturated rings. The summed E-state index contributed by atoms with van der Waals surface area (Å²) in [7, 11) is 0. The Morgan fingerprint density at radius 3 is 3.00 bits per heavy atom. The van der Waals surface area contributed by atoms with Gasteiger partial charge in [0.1, 0.15) is 0 Å². The molecule has 1 saturated heterocycles. The van der Waals surface area contributed by atoms with Crippen molar-refractivity contribution in [2.45, 2.75) is 25.8 Å². The molecule has 2 nitrogen and oxygen atoms in total. The zero-order valence-electron chi connectivity index (χ0n) is 6.06. The van der Waals surface area contributed by atoms with E-state index < -0.39 is 0 Å². The Bertz CT molecular complexity index is 77.0. The van der Waals surface area contributed by atoms with Crippen LogP contribution in [0.5, 0.6) is 0 Å². The van der Waals surface area contributed by atoms with Gasteiger partial charge in [-0.25, -0.2) is 0 Å². The molecule has 0 aromatic carbocycles. The van der Waals surface area contributed by atoms with Gasteiger partial charge in [0, 0.05) is 6.04 Å². The maximum Gasteiger partial charge on any atom is 0.00771 e. The van der Waals surface area contributed by atoms with Crippen LogP contribution in [0.2, 0.25) is 0 Å². The molecular formula is C7H16N2. The minimum absolute atomic E-state index is 0.431. The SMILES string of the molecule is CC[C@@H](N)[C@H]1CCNC1. The van der Waals surface area contributed by atoms with Crippen molar-refractivity contribution < 1.29 is 0 Å². The summed E-state index contributed by atoms with van der Waals surface area (Å²) in [6.45, 7) is 4.45. The molecule has 0 amide bonds. The number of rotatable bonds is 2. The van der Waals surface area contributed by atoms with Crippen LogP contribution in [0.15, 0.2) is 0 Å². The maximum absolute atomic E-state index is 5.84. The molecule has 0 aliphatic carbocycles. The predicted octanol–water partition coefficient (Wildman–Crippen LogP) is 0.333. The van der Waals surface area contributed by atoms with Gasteiger partial charge in [0.2, 0.25) is 0 Å². The smallest absolute Gasteiger partial charge is 0.00771 e. The second kappa shape index (κ2) is 3.18. The summed E-state index contributed by atoms with van der Waals surface area (Å²) in [6, 6.07) is 0.431. The van der Waals surface area contributed by atoms with Crippen LogP contribution in [0.4, 0.5) is 0 Å². The van der Waals surface area contributed by atoms with Crippen LogP contribution in [0.1, 0.15) is 19.8 Å². The van der Waals surface area contributed by atoms with Crippen LogP contribution in [0.3, 0.4) is 0 Å². The van der Waals surface area contributed by atoms with Gasteiger partial charge < -0.3 is 11.1 Å². The molecule has 0 aromatic heterocycles. The lowest BCUT2D eigenvalue weighted by Gasteiger charge is -2.14. The van der Waals surface area contributed by atoms with E-state index in [2.05, 4.69) is 12.2 Å². The Balaban J connectivity index is 2.24. The van der Waals surface area contributed by atoms with Crippen molar-refractivity contribution in [3.05, 3.63) is 0 Å². The summed E-state index contributed by atoms with van der Waals surface area (Å²) in [6.07, 6.45) is 2.39. The van der Waals surface area contributed by atoms with Crippen molar-refractivity contribution in [3.8, 4) is 0 Å². The van der Waals surface area contributed by atoms with Gasteiger partial charge in [-0.2, -0.15) is 0 Å². The lowest BCUT2D eigenvalue weighted by molar-refractivity contribution is 0.444. The van der Waals surface area contributed by atoms with E-state index in [1.165, 1.54) is 13.0 Å². The summed E-state index contributed by atoms with van der Waals surface area (Å²) in [4.78, 5) is 0. The van der Waals surface area contributed by atoms with E-state index in [1.54, 1.807) is 0 Å². The quantitative estimate of drug-likeness (QED) is 0.562. The van der Waals surface area contributed by atoms with Gasteiger partial charge in [-0.3, -0.25) is 0 Å². The van der Waals surface area contributed by atoms with Crippen molar-refractivity contribution in [2.24, 2.45) is 11.7 Å². The van der Waals surface area contributed by atoms with Crippen LogP contribution in [0, 0.1) is 5.92 Å². The highest BCUT2D eigenvalue weighted by molar-refractivity contribution is 4.79. The molecule has 2 atom stereocenters. The van der Waals surface area contributed by atoms with Gasteiger partial charge >= 0.3 is 0 Å². The van der Waals surface area contributed by atoms with Crippen molar-refractivity contribution in [2.75, 3.05) is 13.1 Å². The Morgan fingerprint density at radius 1 is 1.78 bits per heavy atom. The second-order valence-corrected chi connectivity index (χ2v) is 2.82. The van der Waals surface area contributed by atoms with Crippen molar-refractivity contribution in [1.29, 1.82) is 0 Å². The molecule has 1 aliphatic heterocycles. The molecule has 54 valence electrons. The fourth-order valence-corrected chi connectivity index (χ4v) is 1.38.